The third kappa shape index (κ3) is 4.62. The van der Waals surface area contributed by atoms with Gasteiger partial charge in [-0.1, -0.05) is 12.1 Å². The second kappa shape index (κ2) is 9.03. The molecule has 1 saturated heterocycles. The first kappa shape index (κ1) is 23.6. The molecule has 3 aromatic rings. The van der Waals surface area contributed by atoms with Gasteiger partial charge >= 0.3 is 0 Å². The Balaban J connectivity index is 1.72. The summed E-state index contributed by atoms with van der Waals surface area (Å²) in [6, 6.07) is 4.98. The van der Waals surface area contributed by atoms with E-state index in [4.69, 9.17) is 0 Å². The van der Waals surface area contributed by atoms with Crippen LogP contribution in [-0.4, -0.2) is 41.0 Å². The molecule has 0 spiro atoms. The SMILES string of the molecule is COCC(F)(F)c1cccc([C@@H](C)Nc2nc(C)nc3cnc(P4(=O)CCCC4)cc23)c1F. The maximum Gasteiger partial charge on any atom is 0.298 e. The van der Waals surface area contributed by atoms with Gasteiger partial charge in [0.1, 0.15) is 36.6 Å². The van der Waals surface area contributed by atoms with Crippen LogP contribution in [0.15, 0.2) is 30.5 Å². The average Bonchev–Trinajstić information content (AvgIpc) is 3.21. The Morgan fingerprint density at radius 1 is 1.24 bits per heavy atom. The van der Waals surface area contributed by atoms with Crippen LogP contribution in [0.25, 0.3) is 10.9 Å². The monoisotopic (exact) mass is 478 g/mol. The third-order valence-corrected chi connectivity index (χ3v) is 9.11. The van der Waals surface area contributed by atoms with Gasteiger partial charge in [0.15, 0.2) is 0 Å². The molecule has 4 rings (SSSR count). The number of nitrogens with zero attached hydrogens (tertiary/aromatic N) is 3. The minimum Gasteiger partial charge on any atom is -0.378 e. The molecule has 3 heterocycles. The van der Waals surface area contributed by atoms with Gasteiger partial charge in [-0.2, -0.15) is 8.78 Å². The number of pyridine rings is 1. The van der Waals surface area contributed by atoms with E-state index in [2.05, 4.69) is 25.0 Å². The summed E-state index contributed by atoms with van der Waals surface area (Å²) in [5, 5.41) is 3.75. The van der Waals surface area contributed by atoms with Crippen molar-refractivity contribution in [3.8, 4) is 0 Å². The lowest BCUT2D eigenvalue weighted by Gasteiger charge is -2.22. The van der Waals surface area contributed by atoms with Gasteiger partial charge in [0.25, 0.3) is 5.92 Å². The molecule has 0 aliphatic carbocycles. The topological polar surface area (TPSA) is 77.0 Å². The van der Waals surface area contributed by atoms with Gasteiger partial charge in [0.2, 0.25) is 0 Å². The number of methoxy groups -OCH3 is 1. The quantitative estimate of drug-likeness (QED) is 0.473. The highest BCUT2D eigenvalue weighted by atomic mass is 31.2. The number of anilines is 1. The molecule has 0 amide bonds. The lowest BCUT2D eigenvalue weighted by molar-refractivity contribution is -0.0722. The first-order chi connectivity index (χ1) is 15.6. The van der Waals surface area contributed by atoms with Crippen LogP contribution in [0.3, 0.4) is 0 Å². The van der Waals surface area contributed by atoms with Crippen molar-refractivity contribution < 1.29 is 22.5 Å². The predicted molar refractivity (Wildman–Crippen MR) is 122 cm³/mol. The molecule has 1 aromatic carbocycles. The smallest absolute Gasteiger partial charge is 0.298 e. The van der Waals surface area contributed by atoms with Crippen LogP contribution in [0.5, 0.6) is 0 Å². The van der Waals surface area contributed by atoms with Gasteiger partial charge in [-0.15, -0.1) is 0 Å². The number of nitrogens with one attached hydrogen (secondary N) is 1. The van der Waals surface area contributed by atoms with Crippen molar-refractivity contribution in [2.45, 2.75) is 38.7 Å². The van der Waals surface area contributed by atoms with Gasteiger partial charge in [0, 0.05) is 30.4 Å². The normalized spacial score (nSPS) is 16.8. The van der Waals surface area contributed by atoms with Gasteiger partial charge in [0.05, 0.1) is 23.3 Å². The molecule has 1 fully saturated rings. The Morgan fingerprint density at radius 2 is 1.97 bits per heavy atom. The summed E-state index contributed by atoms with van der Waals surface area (Å²) in [7, 11) is -1.40. The van der Waals surface area contributed by atoms with Crippen molar-refractivity contribution in [1.29, 1.82) is 0 Å². The van der Waals surface area contributed by atoms with E-state index >= 15 is 4.39 Å². The van der Waals surface area contributed by atoms with Gasteiger partial charge < -0.3 is 14.6 Å². The molecule has 2 aromatic heterocycles. The Morgan fingerprint density at radius 3 is 2.67 bits per heavy atom. The van der Waals surface area contributed by atoms with Crippen molar-refractivity contribution in [2.75, 3.05) is 31.4 Å². The Hall–Kier alpha value is -2.51. The fourth-order valence-corrected chi connectivity index (χ4v) is 7.04. The van der Waals surface area contributed by atoms with Crippen LogP contribution in [0.2, 0.25) is 0 Å². The first-order valence-corrected chi connectivity index (χ1v) is 12.9. The van der Waals surface area contributed by atoms with Crippen LogP contribution in [0, 0.1) is 12.7 Å². The number of halogens is 3. The number of aromatic nitrogens is 3. The van der Waals surface area contributed by atoms with Crippen molar-refractivity contribution >= 4 is 29.3 Å². The van der Waals surface area contributed by atoms with Crippen molar-refractivity contribution in [2.24, 2.45) is 0 Å². The summed E-state index contributed by atoms with van der Waals surface area (Å²) in [4.78, 5) is 13.3. The maximum absolute atomic E-state index is 15.1. The molecule has 0 unspecified atom stereocenters. The summed E-state index contributed by atoms with van der Waals surface area (Å²) in [5.74, 6) is -3.57. The molecule has 33 heavy (non-hydrogen) atoms. The second-order valence-electron chi connectivity index (χ2n) is 8.43. The molecule has 1 N–H and O–H groups in total. The zero-order valence-electron chi connectivity index (χ0n) is 18.7. The molecule has 0 saturated carbocycles. The lowest BCUT2D eigenvalue weighted by Crippen LogP contribution is -2.23. The summed E-state index contributed by atoms with van der Waals surface area (Å²) >= 11 is 0. The number of hydrogen-bond acceptors (Lipinski definition) is 6. The standard InChI is InChI=1S/C23H26F3N4O2P/c1-14(16-7-6-8-18(21(16)24)23(25,26)13-32-3)28-22-17-11-20(33(31)9-4-5-10-33)27-12-19(17)29-15(2)30-22/h6-8,11-12,14H,4-5,9-10,13H2,1-3H3,(H,28,29,30)/t14-/m1/s1. The predicted octanol–water partition coefficient (Wildman–Crippen LogP) is 5.17. The highest BCUT2D eigenvalue weighted by Crippen LogP contribution is 2.50. The van der Waals surface area contributed by atoms with Gasteiger partial charge in [-0.25, -0.2) is 14.4 Å². The summed E-state index contributed by atoms with van der Waals surface area (Å²) in [6.07, 6.45) is 4.66. The second-order valence-corrected chi connectivity index (χ2v) is 11.6. The minimum atomic E-state index is -3.46. The van der Waals surface area contributed by atoms with Crippen LogP contribution in [-0.2, 0) is 15.2 Å². The van der Waals surface area contributed by atoms with Crippen LogP contribution in [0.1, 0.15) is 42.8 Å². The fraction of sp³-hybridized carbons (Fsp3) is 0.435. The number of fused-ring (bicyclic) bond motifs is 1. The van der Waals surface area contributed by atoms with Crippen LogP contribution >= 0.6 is 7.14 Å². The molecule has 0 radical (unpaired) electrons. The zero-order valence-corrected chi connectivity index (χ0v) is 19.6. The number of rotatable bonds is 7. The summed E-state index contributed by atoms with van der Waals surface area (Å²) in [6.45, 7) is 2.47. The Bertz CT molecular complexity index is 1230. The first-order valence-electron chi connectivity index (χ1n) is 10.8. The lowest BCUT2D eigenvalue weighted by atomic mass is 10.00. The highest BCUT2D eigenvalue weighted by Gasteiger charge is 2.36. The molecule has 6 nitrogen and oxygen atoms in total. The molecule has 176 valence electrons. The van der Waals surface area contributed by atoms with Gasteiger partial charge in [-0.05, 0) is 38.8 Å². The fourth-order valence-electron chi connectivity index (χ4n) is 4.25. The van der Waals surface area contributed by atoms with E-state index in [-0.39, 0.29) is 5.56 Å². The van der Waals surface area contributed by atoms with E-state index in [1.165, 1.54) is 12.1 Å². The van der Waals surface area contributed by atoms with E-state index in [1.807, 2.05) is 0 Å². The minimum absolute atomic E-state index is 0.0746. The van der Waals surface area contributed by atoms with E-state index < -0.39 is 37.1 Å². The molecule has 1 atom stereocenters. The van der Waals surface area contributed by atoms with Crippen LogP contribution in [0.4, 0.5) is 19.0 Å². The number of alkyl halides is 2. The van der Waals surface area contributed by atoms with Crippen molar-refractivity contribution in [1.82, 2.24) is 15.0 Å². The van der Waals surface area contributed by atoms with E-state index in [0.717, 1.165) is 26.0 Å². The molecule has 1 aliphatic heterocycles. The molecule has 1 aliphatic rings. The van der Waals surface area contributed by atoms with E-state index in [9.17, 15) is 13.3 Å². The van der Waals surface area contributed by atoms with Crippen molar-refractivity contribution in [3.05, 3.63) is 53.2 Å². The molecule has 10 heteroatoms. The van der Waals surface area contributed by atoms with E-state index in [0.29, 0.717) is 40.3 Å². The number of aryl methyl sites for hydroxylation is 1. The third-order valence-electron chi connectivity index (χ3n) is 5.95. The van der Waals surface area contributed by atoms with Crippen molar-refractivity contribution in [3.63, 3.8) is 0 Å². The molecular weight excluding hydrogens is 452 g/mol. The number of benzene rings is 1. The number of ether oxygens (including phenoxy) is 1. The average molecular weight is 478 g/mol. The maximum atomic E-state index is 15.1. The molecular formula is C23H26F3N4O2P. The molecule has 0 bridgehead atoms. The van der Waals surface area contributed by atoms with Gasteiger partial charge in [-0.3, -0.25) is 4.98 Å². The Labute approximate surface area is 190 Å². The van der Waals surface area contributed by atoms with Crippen LogP contribution < -0.4 is 10.8 Å². The zero-order chi connectivity index (χ0) is 23.8. The number of hydrogen-bond donors (Lipinski definition) is 1. The Kier molecular flexibility index (Phi) is 6.47. The van der Waals surface area contributed by atoms with E-state index in [1.54, 1.807) is 26.1 Å². The summed E-state index contributed by atoms with van der Waals surface area (Å²) in [5.41, 5.74) is 0.464. The largest absolute Gasteiger partial charge is 0.378 e. The summed E-state index contributed by atoms with van der Waals surface area (Å²) < 4.78 is 61.6. The highest BCUT2D eigenvalue weighted by molar-refractivity contribution is 7.71.